The molecule has 120 valence electrons. The van der Waals surface area contributed by atoms with Gasteiger partial charge in [0.15, 0.2) is 5.16 Å². The minimum absolute atomic E-state index is 0.204. The fourth-order valence-electron chi connectivity index (χ4n) is 1.78. The molecule has 1 heterocycles. The highest BCUT2D eigenvalue weighted by Crippen LogP contribution is 2.18. The second kappa shape index (κ2) is 7.45. The lowest BCUT2D eigenvalue weighted by Crippen LogP contribution is -2.18. The van der Waals surface area contributed by atoms with Crippen molar-refractivity contribution < 1.29 is 9.59 Å². The Labute approximate surface area is 136 Å². The summed E-state index contributed by atoms with van der Waals surface area (Å²) >= 11 is 1.26. The number of thioether (sulfide) groups is 1. The number of para-hydroxylation sites is 1. The molecule has 2 rings (SSSR count). The maximum Gasteiger partial charge on any atom is 0.250 e. The summed E-state index contributed by atoms with van der Waals surface area (Å²) in [6.45, 7) is 0. The first-order chi connectivity index (χ1) is 11.0. The molecule has 8 nitrogen and oxygen atoms in total. The Balaban J connectivity index is 1.89. The van der Waals surface area contributed by atoms with Crippen molar-refractivity contribution >= 4 is 40.9 Å². The van der Waals surface area contributed by atoms with Gasteiger partial charge in [0.05, 0.1) is 11.3 Å². The summed E-state index contributed by atoms with van der Waals surface area (Å²) in [6, 6.07) is 8.01. The van der Waals surface area contributed by atoms with Crippen molar-refractivity contribution in [2.24, 2.45) is 5.73 Å². The van der Waals surface area contributed by atoms with Gasteiger partial charge >= 0.3 is 0 Å². The predicted octanol–water partition coefficient (Wildman–Crippen LogP) is 0.861. The minimum atomic E-state index is -0.598. The number of hydrogen-bond acceptors (Lipinski definition) is 7. The van der Waals surface area contributed by atoms with E-state index in [9.17, 15) is 9.59 Å². The Morgan fingerprint density at radius 1 is 1.13 bits per heavy atom. The van der Waals surface area contributed by atoms with Crippen LogP contribution in [0, 0.1) is 0 Å². The molecule has 0 saturated heterocycles. The third kappa shape index (κ3) is 4.85. The van der Waals surface area contributed by atoms with Crippen molar-refractivity contribution in [3.8, 4) is 0 Å². The van der Waals surface area contributed by atoms with Gasteiger partial charge in [0.1, 0.15) is 11.6 Å². The van der Waals surface area contributed by atoms with Gasteiger partial charge in [-0.25, -0.2) is 9.97 Å². The van der Waals surface area contributed by atoms with Gasteiger partial charge in [-0.1, -0.05) is 23.9 Å². The third-order valence-corrected chi connectivity index (χ3v) is 3.62. The summed E-state index contributed by atoms with van der Waals surface area (Å²) in [5.74, 6) is 0.148. The van der Waals surface area contributed by atoms with Crippen LogP contribution in [0.4, 0.5) is 17.3 Å². The first-order valence-electron chi connectivity index (χ1n) is 6.67. The first-order valence-corrected chi connectivity index (χ1v) is 7.66. The predicted molar refractivity (Wildman–Crippen MR) is 89.8 cm³/mol. The minimum Gasteiger partial charge on any atom is -0.383 e. The normalized spacial score (nSPS) is 10.3. The summed E-state index contributed by atoms with van der Waals surface area (Å²) < 4.78 is 0. The second-order valence-corrected chi connectivity index (χ2v) is 5.62. The van der Waals surface area contributed by atoms with Gasteiger partial charge in [0.25, 0.3) is 5.91 Å². The van der Waals surface area contributed by atoms with Crippen molar-refractivity contribution in [3.63, 3.8) is 0 Å². The van der Waals surface area contributed by atoms with Crippen LogP contribution in [-0.2, 0) is 4.79 Å². The molecule has 1 aromatic heterocycles. The molecule has 0 aliphatic rings. The monoisotopic (exact) mass is 332 g/mol. The van der Waals surface area contributed by atoms with Crippen molar-refractivity contribution in [2.75, 3.05) is 22.5 Å². The first kappa shape index (κ1) is 16.6. The van der Waals surface area contributed by atoms with Crippen LogP contribution in [0.2, 0.25) is 0 Å². The van der Waals surface area contributed by atoms with E-state index in [1.165, 1.54) is 17.8 Å². The van der Waals surface area contributed by atoms with Crippen LogP contribution in [0.3, 0.4) is 0 Å². The molecule has 2 amide bonds. The Morgan fingerprint density at radius 2 is 1.78 bits per heavy atom. The molecular formula is C14H16N6O2S. The van der Waals surface area contributed by atoms with Gasteiger partial charge in [-0.3, -0.25) is 9.59 Å². The molecular weight excluding hydrogens is 316 g/mol. The van der Waals surface area contributed by atoms with Crippen LogP contribution in [0.5, 0.6) is 0 Å². The number of benzene rings is 1. The van der Waals surface area contributed by atoms with Crippen molar-refractivity contribution in [1.29, 1.82) is 0 Å². The standard InChI is InChI=1S/C14H16N6O2S/c15-10-7-11(16)20-14(19-10)23-6-5-12(21)18-9-4-2-1-3-8(9)13(17)22/h1-4,7H,5-6H2,(H2,17,22)(H,18,21)(H4,15,16,19,20). The zero-order valence-corrected chi connectivity index (χ0v) is 13.0. The second-order valence-electron chi connectivity index (χ2n) is 4.56. The number of anilines is 3. The van der Waals surface area contributed by atoms with Crippen LogP contribution in [0.25, 0.3) is 0 Å². The molecule has 23 heavy (non-hydrogen) atoms. The smallest absolute Gasteiger partial charge is 0.250 e. The molecule has 0 aliphatic heterocycles. The Kier molecular flexibility index (Phi) is 5.36. The van der Waals surface area contributed by atoms with Crippen LogP contribution in [0.1, 0.15) is 16.8 Å². The number of nitrogens with zero attached hydrogens (tertiary/aromatic N) is 2. The van der Waals surface area contributed by atoms with Crippen molar-refractivity contribution in [2.45, 2.75) is 11.6 Å². The number of nitrogen functional groups attached to an aromatic ring is 2. The lowest BCUT2D eigenvalue weighted by Gasteiger charge is -2.08. The summed E-state index contributed by atoms with van der Waals surface area (Å²) in [6.07, 6.45) is 0.204. The summed E-state index contributed by atoms with van der Waals surface area (Å²) in [5, 5.41) is 3.07. The fourth-order valence-corrected chi connectivity index (χ4v) is 2.59. The van der Waals surface area contributed by atoms with E-state index >= 15 is 0 Å². The topological polar surface area (TPSA) is 150 Å². The molecule has 9 heteroatoms. The van der Waals surface area contributed by atoms with Crippen LogP contribution in [0.15, 0.2) is 35.5 Å². The van der Waals surface area contributed by atoms with Gasteiger partial charge < -0.3 is 22.5 Å². The number of nitrogens with two attached hydrogens (primary N) is 3. The van der Waals surface area contributed by atoms with Crippen LogP contribution < -0.4 is 22.5 Å². The lowest BCUT2D eigenvalue weighted by atomic mass is 10.1. The SMILES string of the molecule is NC(=O)c1ccccc1NC(=O)CCSc1nc(N)cc(N)n1. The number of rotatable bonds is 6. The average molecular weight is 332 g/mol. The van der Waals surface area contributed by atoms with Crippen LogP contribution >= 0.6 is 11.8 Å². The molecule has 0 saturated carbocycles. The Bertz CT molecular complexity index is 717. The molecule has 1 aromatic carbocycles. The van der Waals surface area contributed by atoms with Gasteiger partial charge in [0, 0.05) is 18.2 Å². The average Bonchev–Trinajstić information content (AvgIpc) is 2.46. The molecule has 0 spiro atoms. The van der Waals surface area contributed by atoms with Gasteiger partial charge in [0.2, 0.25) is 5.91 Å². The molecule has 0 fully saturated rings. The quantitative estimate of drug-likeness (QED) is 0.452. The third-order valence-electron chi connectivity index (χ3n) is 2.77. The molecule has 2 aromatic rings. The number of aromatic nitrogens is 2. The number of amides is 2. The van der Waals surface area contributed by atoms with E-state index in [1.807, 2.05) is 0 Å². The van der Waals surface area contributed by atoms with E-state index in [4.69, 9.17) is 17.2 Å². The van der Waals surface area contributed by atoms with Crippen LogP contribution in [-0.4, -0.2) is 27.5 Å². The Hall–Kier alpha value is -2.81. The number of primary amides is 1. The summed E-state index contributed by atoms with van der Waals surface area (Å²) in [5.41, 5.74) is 17.1. The lowest BCUT2D eigenvalue weighted by molar-refractivity contribution is -0.115. The van der Waals surface area contributed by atoms with Gasteiger partial charge in [-0.2, -0.15) is 0 Å². The van der Waals surface area contributed by atoms with Crippen molar-refractivity contribution in [1.82, 2.24) is 9.97 Å². The maximum atomic E-state index is 11.9. The highest BCUT2D eigenvalue weighted by molar-refractivity contribution is 7.99. The van der Waals surface area contributed by atoms with Crippen molar-refractivity contribution in [3.05, 3.63) is 35.9 Å². The maximum absolute atomic E-state index is 11.9. The zero-order valence-electron chi connectivity index (χ0n) is 12.2. The molecule has 7 N–H and O–H groups in total. The van der Waals surface area contributed by atoms with E-state index in [-0.39, 0.29) is 29.5 Å². The number of nitrogens with one attached hydrogen (secondary N) is 1. The van der Waals surface area contributed by atoms with E-state index in [0.29, 0.717) is 16.6 Å². The molecule has 0 bridgehead atoms. The van der Waals surface area contributed by atoms with E-state index in [1.54, 1.807) is 24.3 Å². The number of hydrogen-bond donors (Lipinski definition) is 4. The Morgan fingerprint density at radius 3 is 2.43 bits per heavy atom. The highest BCUT2D eigenvalue weighted by Gasteiger charge is 2.10. The summed E-state index contributed by atoms with van der Waals surface area (Å²) in [4.78, 5) is 31.3. The molecule has 0 atom stereocenters. The van der Waals surface area contributed by atoms with E-state index in [2.05, 4.69) is 15.3 Å². The largest absolute Gasteiger partial charge is 0.383 e. The fraction of sp³-hybridized carbons (Fsp3) is 0.143. The summed E-state index contributed by atoms with van der Waals surface area (Å²) in [7, 11) is 0. The van der Waals surface area contributed by atoms with E-state index < -0.39 is 5.91 Å². The molecule has 0 unspecified atom stereocenters. The number of carbonyl (C=O) groups excluding carboxylic acids is 2. The number of carbonyl (C=O) groups is 2. The van der Waals surface area contributed by atoms with Gasteiger partial charge in [-0.15, -0.1) is 0 Å². The molecule has 0 aliphatic carbocycles. The molecule has 0 radical (unpaired) electrons. The van der Waals surface area contributed by atoms with Gasteiger partial charge in [-0.05, 0) is 12.1 Å². The highest BCUT2D eigenvalue weighted by atomic mass is 32.2. The van der Waals surface area contributed by atoms with E-state index in [0.717, 1.165) is 0 Å². The zero-order chi connectivity index (χ0) is 16.8.